The summed E-state index contributed by atoms with van der Waals surface area (Å²) in [6.07, 6.45) is 3.11. The number of benzene rings is 2. The molecule has 1 amide bonds. The molecule has 1 aliphatic rings. The Labute approximate surface area is 159 Å². The van der Waals surface area contributed by atoms with Crippen molar-refractivity contribution in [1.29, 1.82) is 0 Å². The SMILES string of the molecule is O=C(Cn1nnc(-c2ccccc2Br)n1)N[C@@H]1CCCc2ccccc21. The van der Waals surface area contributed by atoms with Gasteiger partial charge in [0.15, 0.2) is 0 Å². The number of amides is 1. The molecule has 132 valence electrons. The fourth-order valence-electron chi connectivity index (χ4n) is 3.33. The van der Waals surface area contributed by atoms with Crippen LogP contribution in [0.2, 0.25) is 0 Å². The first kappa shape index (κ1) is 16.9. The molecule has 6 nitrogen and oxygen atoms in total. The van der Waals surface area contributed by atoms with E-state index in [1.807, 2.05) is 36.4 Å². The second-order valence-electron chi connectivity index (χ2n) is 6.33. The van der Waals surface area contributed by atoms with Crippen LogP contribution in [0, 0.1) is 0 Å². The summed E-state index contributed by atoms with van der Waals surface area (Å²) < 4.78 is 0.891. The first-order chi connectivity index (χ1) is 12.7. The van der Waals surface area contributed by atoms with Gasteiger partial charge in [0, 0.05) is 10.0 Å². The van der Waals surface area contributed by atoms with Crippen molar-refractivity contribution in [2.24, 2.45) is 0 Å². The molecule has 0 aliphatic heterocycles. The summed E-state index contributed by atoms with van der Waals surface area (Å²) in [5.74, 6) is 0.385. The molecule has 0 bridgehead atoms. The molecule has 0 radical (unpaired) electrons. The van der Waals surface area contributed by atoms with E-state index in [2.05, 4.69) is 48.8 Å². The summed E-state index contributed by atoms with van der Waals surface area (Å²) in [6.45, 7) is 0.0517. The van der Waals surface area contributed by atoms with Crippen LogP contribution in [-0.4, -0.2) is 26.1 Å². The number of aromatic nitrogens is 4. The molecule has 1 heterocycles. The van der Waals surface area contributed by atoms with Crippen LogP contribution in [0.25, 0.3) is 11.4 Å². The minimum Gasteiger partial charge on any atom is -0.348 e. The van der Waals surface area contributed by atoms with Crippen LogP contribution >= 0.6 is 15.9 Å². The van der Waals surface area contributed by atoms with E-state index in [4.69, 9.17) is 0 Å². The smallest absolute Gasteiger partial charge is 0.244 e. The van der Waals surface area contributed by atoms with Crippen molar-refractivity contribution < 1.29 is 4.79 Å². The third-order valence-electron chi connectivity index (χ3n) is 4.56. The van der Waals surface area contributed by atoms with E-state index in [0.717, 1.165) is 29.3 Å². The fraction of sp³-hybridized carbons (Fsp3) is 0.263. The highest BCUT2D eigenvalue weighted by Gasteiger charge is 2.22. The number of rotatable bonds is 4. The normalized spacial score (nSPS) is 16.1. The third kappa shape index (κ3) is 3.53. The molecular weight excluding hydrogens is 394 g/mol. The van der Waals surface area contributed by atoms with E-state index >= 15 is 0 Å². The monoisotopic (exact) mass is 411 g/mol. The van der Waals surface area contributed by atoms with Crippen molar-refractivity contribution in [2.75, 3.05) is 0 Å². The zero-order valence-electron chi connectivity index (χ0n) is 14.1. The van der Waals surface area contributed by atoms with Crippen LogP contribution in [0.5, 0.6) is 0 Å². The number of fused-ring (bicyclic) bond motifs is 1. The maximum atomic E-state index is 12.5. The molecule has 0 fully saturated rings. The Bertz CT molecular complexity index is 939. The summed E-state index contributed by atoms with van der Waals surface area (Å²) in [5, 5.41) is 15.5. The summed E-state index contributed by atoms with van der Waals surface area (Å²) >= 11 is 3.48. The second kappa shape index (κ2) is 7.37. The van der Waals surface area contributed by atoms with Gasteiger partial charge in [-0.25, -0.2) is 0 Å². The first-order valence-corrected chi connectivity index (χ1v) is 9.40. The number of nitrogens with one attached hydrogen (secondary N) is 1. The number of tetrazole rings is 1. The molecule has 3 aromatic rings. The average Bonchev–Trinajstić information content (AvgIpc) is 3.10. The van der Waals surface area contributed by atoms with Gasteiger partial charge in [-0.1, -0.05) is 52.3 Å². The van der Waals surface area contributed by atoms with Gasteiger partial charge < -0.3 is 5.32 Å². The first-order valence-electron chi connectivity index (χ1n) is 8.60. The average molecular weight is 412 g/mol. The number of carbonyl (C=O) groups excluding carboxylic acids is 1. The summed E-state index contributed by atoms with van der Waals surface area (Å²) in [7, 11) is 0. The minimum atomic E-state index is -0.109. The molecule has 7 heteroatoms. The minimum absolute atomic E-state index is 0.0517. The zero-order chi connectivity index (χ0) is 17.9. The van der Waals surface area contributed by atoms with Gasteiger partial charge in [-0.05, 0) is 47.7 Å². The van der Waals surface area contributed by atoms with Crippen LogP contribution in [0.15, 0.2) is 53.0 Å². The highest BCUT2D eigenvalue weighted by molar-refractivity contribution is 9.10. The van der Waals surface area contributed by atoms with Crippen molar-refractivity contribution in [3.8, 4) is 11.4 Å². The molecule has 1 atom stereocenters. The molecule has 0 saturated carbocycles. The number of aryl methyl sites for hydroxylation is 1. The highest BCUT2D eigenvalue weighted by atomic mass is 79.9. The number of hydrogen-bond donors (Lipinski definition) is 1. The molecule has 26 heavy (non-hydrogen) atoms. The van der Waals surface area contributed by atoms with Gasteiger partial charge in [-0.2, -0.15) is 4.80 Å². The Morgan fingerprint density at radius 1 is 1.19 bits per heavy atom. The lowest BCUT2D eigenvalue weighted by Crippen LogP contribution is -2.34. The molecule has 2 aromatic carbocycles. The van der Waals surface area contributed by atoms with Crippen LogP contribution < -0.4 is 5.32 Å². The van der Waals surface area contributed by atoms with E-state index in [0.29, 0.717) is 5.82 Å². The molecule has 1 aromatic heterocycles. The second-order valence-corrected chi connectivity index (χ2v) is 7.19. The van der Waals surface area contributed by atoms with Gasteiger partial charge in [0.1, 0.15) is 6.54 Å². The van der Waals surface area contributed by atoms with Gasteiger partial charge in [-0.3, -0.25) is 4.79 Å². The molecule has 1 N–H and O–H groups in total. The Morgan fingerprint density at radius 2 is 2.00 bits per heavy atom. The Balaban J connectivity index is 1.44. The lowest BCUT2D eigenvalue weighted by molar-refractivity contribution is -0.122. The van der Waals surface area contributed by atoms with E-state index in [1.54, 1.807) is 0 Å². The van der Waals surface area contributed by atoms with Crippen molar-refractivity contribution >= 4 is 21.8 Å². The predicted octanol–water partition coefficient (Wildman–Crippen LogP) is 3.30. The summed E-state index contributed by atoms with van der Waals surface area (Å²) in [4.78, 5) is 13.8. The van der Waals surface area contributed by atoms with Crippen molar-refractivity contribution in [2.45, 2.75) is 31.8 Å². The highest BCUT2D eigenvalue weighted by Crippen LogP contribution is 2.29. The van der Waals surface area contributed by atoms with E-state index in [1.165, 1.54) is 15.9 Å². The number of hydrogen-bond acceptors (Lipinski definition) is 4. The number of carbonyl (C=O) groups is 1. The van der Waals surface area contributed by atoms with Crippen molar-refractivity contribution in [1.82, 2.24) is 25.5 Å². The Morgan fingerprint density at radius 3 is 2.88 bits per heavy atom. The fourth-order valence-corrected chi connectivity index (χ4v) is 3.79. The number of halogens is 1. The summed E-state index contributed by atoms with van der Waals surface area (Å²) in [5.41, 5.74) is 3.38. The van der Waals surface area contributed by atoms with Crippen LogP contribution in [0.1, 0.15) is 30.0 Å². The van der Waals surface area contributed by atoms with E-state index in [-0.39, 0.29) is 18.5 Å². The lowest BCUT2D eigenvalue weighted by Gasteiger charge is -2.26. The van der Waals surface area contributed by atoms with Crippen molar-refractivity contribution in [3.05, 3.63) is 64.1 Å². The maximum Gasteiger partial charge on any atom is 0.244 e. The molecule has 0 unspecified atom stereocenters. The van der Waals surface area contributed by atoms with Crippen LogP contribution in [0.4, 0.5) is 0 Å². The molecule has 0 saturated heterocycles. The van der Waals surface area contributed by atoms with Gasteiger partial charge in [0.05, 0.1) is 6.04 Å². The largest absolute Gasteiger partial charge is 0.348 e. The Kier molecular flexibility index (Phi) is 4.79. The summed E-state index contributed by atoms with van der Waals surface area (Å²) in [6, 6.07) is 16.0. The maximum absolute atomic E-state index is 12.5. The van der Waals surface area contributed by atoms with Crippen LogP contribution in [-0.2, 0) is 17.8 Å². The molecule has 1 aliphatic carbocycles. The number of nitrogens with zero attached hydrogens (tertiary/aromatic N) is 4. The van der Waals surface area contributed by atoms with Crippen molar-refractivity contribution in [3.63, 3.8) is 0 Å². The lowest BCUT2D eigenvalue weighted by atomic mass is 9.88. The molecule has 4 rings (SSSR count). The predicted molar refractivity (Wildman–Crippen MR) is 101 cm³/mol. The van der Waals surface area contributed by atoms with Gasteiger partial charge in [0.25, 0.3) is 0 Å². The Hall–Kier alpha value is -2.54. The third-order valence-corrected chi connectivity index (χ3v) is 5.25. The van der Waals surface area contributed by atoms with E-state index in [9.17, 15) is 4.79 Å². The van der Waals surface area contributed by atoms with E-state index < -0.39 is 0 Å². The standard InChI is InChI=1S/C19H18BrN5O/c20-16-10-4-3-9-15(16)19-22-24-25(23-19)12-18(26)21-17-11-5-7-13-6-1-2-8-14(13)17/h1-4,6,8-10,17H,5,7,11-12H2,(H,21,26)/t17-/m1/s1. The van der Waals surface area contributed by atoms with Gasteiger partial charge >= 0.3 is 0 Å². The molecular formula is C19H18BrN5O. The molecule has 0 spiro atoms. The van der Waals surface area contributed by atoms with Gasteiger partial charge in [-0.15, -0.1) is 10.2 Å². The zero-order valence-corrected chi connectivity index (χ0v) is 15.7. The van der Waals surface area contributed by atoms with Crippen LogP contribution in [0.3, 0.4) is 0 Å². The van der Waals surface area contributed by atoms with Gasteiger partial charge in [0.2, 0.25) is 11.7 Å². The topological polar surface area (TPSA) is 72.7 Å². The quantitative estimate of drug-likeness (QED) is 0.714.